The molecular formula is C21H28ClN5O2S. The fourth-order valence-electron chi connectivity index (χ4n) is 3.14. The largest absolute Gasteiger partial charge is 0.484 e. The van der Waals surface area contributed by atoms with Gasteiger partial charge in [-0.15, -0.1) is 10.2 Å². The lowest BCUT2D eigenvalue weighted by Gasteiger charge is -2.19. The van der Waals surface area contributed by atoms with Crippen molar-refractivity contribution in [3.63, 3.8) is 0 Å². The van der Waals surface area contributed by atoms with E-state index in [-0.39, 0.29) is 6.04 Å². The molecule has 0 spiro atoms. The van der Waals surface area contributed by atoms with Crippen LogP contribution in [0.3, 0.4) is 0 Å². The zero-order valence-electron chi connectivity index (χ0n) is 17.7. The molecule has 0 aliphatic heterocycles. The molecular weight excluding hydrogens is 422 g/mol. The van der Waals surface area contributed by atoms with E-state index in [1.54, 1.807) is 11.8 Å². The molecule has 0 aliphatic carbocycles. The van der Waals surface area contributed by atoms with Gasteiger partial charge in [-0.05, 0) is 31.4 Å². The van der Waals surface area contributed by atoms with Crippen molar-refractivity contribution in [1.29, 1.82) is 0 Å². The van der Waals surface area contributed by atoms with Crippen LogP contribution in [-0.2, 0) is 18.8 Å². The molecule has 2 aromatic heterocycles. The molecule has 0 unspecified atom stereocenters. The van der Waals surface area contributed by atoms with Gasteiger partial charge in [-0.3, -0.25) is 0 Å². The molecule has 0 aliphatic rings. The molecule has 3 rings (SSSR count). The van der Waals surface area contributed by atoms with Gasteiger partial charge in [0, 0.05) is 12.5 Å². The van der Waals surface area contributed by atoms with Gasteiger partial charge in [-0.1, -0.05) is 67.8 Å². The van der Waals surface area contributed by atoms with E-state index >= 15 is 0 Å². The summed E-state index contributed by atoms with van der Waals surface area (Å²) in [5.41, 5.74) is 0. The van der Waals surface area contributed by atoms with Crippen LogP contribution in [0.25, 0.3) is 0 Å². The zero-order valence-corrected chi connectivity index (χ0v) is 19.2. The van der Waals surface area contributed by atoms with E-state index in [1.165, 1.54) is 0 Å². The highest BCUT2D eigenvalue weighted by molar-refractivity contribution is 7.98. The van der Waals surface area contributed by atoms with Gasteiger partial charge in [0.15, 0.2) is 16.8 Å². The molecule has 1 aromatic carbocycles. The predicted octanol–water partition coefficient (Wildman–Crippen LogP) is 5.89. The quantitative estimate of drug-likeness (QED) is 0.319. The van der Waals surface area contributed by atoms with Gasteiger partial charge >= 0.3 is 0 Å². The first-order chi connectivity index (χ1) is 14.7. The Hall–Kier alpha value is -2.06. The van der Waals surface area contributed by atoms with Gasteiger partial charge in [-0.25, -0.2) is 0 Å². The maximum absolute atomic E-state index is 6.21. The summed E-state index contributed by atoms with van der Waals surface area (Å²) in [7, 11) is 0. The van der Waals surface area contributed by atoms with E-state index in [1.807, 2.05) is 24.3 Å². The molecule has 0 saturated carbocycles. The number of thioether (sulfide) groups is 1. The number of hydrogen-bond acceptors (Lipinski definition) is 7. The maximum atomic E-state index is 6.21. The van der Waals surface area contributed by atoms with Crippen molar-refractivity contribution in [2.24, 2.45) is 0 Å². The summed E-state index contributed by atoms with van der Waals surface area (Å²) in [5, 5.41) is 14.3. The summed E-state index contributed by atoms with van der Waals surface area (Å²) in [4.78, 5) is 4.47. The summed E-state index contributed by atoms with van der Waals surface area (Å²) in [6.07, 6.45) is 4.96. The lowest BCUT2D eigenvalue weighted by Crippen LogP contribution is -2.14. The number of rotatable bonds is 12. The van der Waals surface area contributed by atoms with E-state index in [9.17, 15) is 0 Å². The molecule has 7 nitrogen and oxygen atoms in total. The highest BCUT2D eigenvalue weighted by atomic mass is 35.5. The highest BCUT2D eigenvalue weighted by Crippen LogP contribution is 2.29. The Bertz CT molecular complexity index is 926. The molecule has 9 heteroatoms. The second-order valence-corrected chi connectivity index (χ2v) is 8.30. The normalized spacial score (nSPS) is 11.4. The molecule has 2 heterocycles. The molecule has 0 N–H and O–H groups in total. The number of nitrogens with zero attached hydrogens (tertiary/aromatic N) is 5. The summed E-state index contributed by atoms with van der Waals surface area (Å²) in [6, 6.07) is 7.72. The van der Waals surface area contributed by atoms with Gasteiger partial charge in [0.05, 0.1) is 10.8 Å². The van der Waals surface area contributed by atoms with Crippen LogP contribution in [-0.4, -0.2) is 24.9 Å². The summed E-state index contributed by atoms with van der Waals surface area (Å²) in [6.45, 7) is 6.78. The van der Waals surface area contributed by atoms with Crippen molar-refractivity contribution in [3.8, 4) is 5.75 Å². The van der Waals surface area contributed by atoms with E-state index in [0.29, 0.717) is 29.0 Å². The van der Waals surface area contributed by atoms with Crippen LogP contribution in [0.5, 0.6) is 5.75 Å². The molecule has 0 radical (unpaired) electrons. The fourth-order valence-corrected chi connectivity index (χ4v) is 4.19. The maximum Gasteiger partial charge on any atom is 0.237 e. The summed E-state index contributed by atoms with van der Waals surface area (Å²) < 4.78 is 13.5. The molecule has 162 valence electrons. The zero-order chi connectivity index (χ0) is 21.3. The summed E-state index contributed by atoms with van der Waals surface area (Å²) >= 11 is 7.76. The van der Waals surface area contributed by atoms with E-state index in [2.05, 4.69) is 45.7 Å². The lowest BCUT2D eigenvalue weighted by molar-refractivity contribution is 0.278. The minimum absolute atomic E-state index is 0.287. The monoisotopic (exact) mass is 449 g/mol. The van der Waals surface area contributed by atoms with Crippen LogP contribution in [0.15, 0.2) is 33.9 Å². The number of ether oxygens (including phenoxy) is 1. The number of aryl methyl sites for hydroxylation is 1. The van der Waals surface area contributed by atoms with Gasteiger partial charge in [0.25, 0.3) is 0 Å². The number of unbranched alkanes of at least 4 members (excludes halogenated alkanes) is 1. The van der Waals surface area contributed by atoms with Crippen molar-refractivity contribution >= 4 is 23.4 Å². The van der Waals surface area contributed by atoms with E-state index < -0.39 is 0 Å². The SMILES string of the molecule is CCCCc1noc(CSc2nnc(COc3ccccc3Cl)n2C(CC)CC)n1. The molecule has 3 aromatic rings. The first kappa shape index (κ1) is 22.6. The van der Waals surface area contributed by atoms with Crippen LogP contribution < -0.4 is 4.74 Å². The third kappa shape index (κ3) is 5.76. The molecule has 0 saturated heterocycles. The molecule has 0 bridgehead atoms. The van der Waals surface area contributed by atoms with Crippen LogP contribution in [0, 0.1) is 0 Å². The average Bonchev–Trinajstić information content (AvgIpc) is 3.38. The summed E-state index contributed by atoms with van der Waals surface area (Å²) in [5.74, 6) is 3.35. The van der Waals surface area contributed by atoms with Crippen LogP contribution in [0.1, 0.15) is 70.0 Å². The van der Waals surface area contributed by atoms with Crippen molar-refractivity contribution in [2.45, 2.75) is 76.4 Å². The number of aromatic nitrogens is 5. The Morgan fingerprint density at radius 1 is 1.17 bits per heavy atom. The van der Waals surface area contributed by atoms with Crippen LogP contribution >= 0.6 is 23.4 Å². The van der Waals surface area contributed by atoms with Gasteiger partial charge in [0.1, 0.15) is 12.4 Å². The Balaban J connectivity index is 1.72. The second-order valence-electron chi connectivity index (χ2n) is 6.95. The number of hydrogen-bond donors (Lipinski definition) is 0. The topological polar surface area (TPSA) is 78.9 Å². The smallest absolute Gasteiger partial charge is 0.237 e. The average molecular weight is 450 g/mol. The van der Waals surface area contributed by atoms with Crippen LogP contribution in [0.4, 0.5) is 0 Å². The third-order valence-electron chi connectivity index (χ3n) is 4.83. The van der Waals surface area contributed by atoms with Gasteiger partial charge in [0.2, 0.25) is 5.89 Å². The fraction of sp³-hybridized carbons (Fsp3) is 0.524. The standard InChI is InChI=1S/C21H28ClN5O2S/c1-4-7-12-18-23-20(29-26-18)14-30-21-25-24-19(27(21)15(5-2)6-3)13-28-17-11-9-8-10-16(17)22/h8-11,15H,4-7,12-14H2,1-3H3. The predicted molar refractivity (Wildman–Crippen MR) is 118 cm³/mol. The Labute approximate surface area is 186 Å². The Kier molecular flexibility index (Phi) is 8.57. The molecule has 0 fully saturated rings. The first-order valence-electron chi connectivity index (χ1n) is 10.4. The molecule has 30 heavy (non-hydrogen) atoms. The van der Waals surface area contributed by atoms with E-state index in [0.717, 1.165) is 48.9 Å². The highest BCUT2D eigenvalue weighted by Gasteiger charge is 2.20. The number of para-hydroxylation sites is 1. The Morgan fingerprint density at radius 3 is 2.70 bits per heavy atom. The lowest BCUT2D eigenvalue weighted by atomic mass is 10.2. The minimum Gasteiger partial charge on any atom is -0.484 e. The van der Waals surface area contributed by atoms with Crippen LogP contribution in [0.2, 0.25) is 5.02 Å². The molecule has 0 atom stereocenters. The third-order valence-corrected chi connectivity index (χ3v) is 6.07. The van der Waals surface area contributed by atoms with Gasteiger partial charge in [-0.2, -0.15) is 4.98 Å². The second kappa shape index (κ2) is 11.4. The number of halogens is 1. The van der Waals surface area contributed by atoms with Crippen molar-refractivity contribution < 1.29 is 9.26 Å². The van der Waals surface area contributed by atoms with Crippen molar-refractivity contribution in [3.05, 3.63) is 46.8 Å². The number of benzene rings is 1. The van der Waals surface area contributed by atoms with Crippen molar-refractivity contribution in [2.75, 3.05) is 0 Å². The molecule has 0 amide bonds. The van der Waals surface area contributed by atoms with Crippen molar-refractivity contribution in [1.82, 2.24) is 24.9 Å². The Morgan fingerprint density at radius 2 is 1.97 bits per heavy atom. The van der Waals surface area contributed by atoms with E-state index in [4.69, 9.17) is 20.9 Å². The van der Waals surface area contributed by atoms with Gasteiger partial charge < -0.3 is 13.8 Å². The minimum atomic E-state index is 0.287. The first-order valence-corrected chi connectivity index (χ1v) is 11.8.